The van der Waals surface area contributed by atoms with Gasteiger partial charge in [-0.05, 0) is 43.0 Å². The molecule has 0 aliphatic heterocycles. The van der Waals surface area contributed by atoms with Crippen LogP contribution in [-0.4, -0.2) is 0 Å². The van der Waals surface area contributed by atoms with E-state index >= 15 is 0 Å². The van der Waals surface area contributed by atoms with E-state index in [0.29, 0.717) is 17.0 Å². The number of benzene rings is 1. The molecule has 1 fully saturated rings. The summed E-state index contributed by atoms with van der Waals surface area (Å²) in [5, 5.41) is 10.0. The van der Waals surface area contributed by atoms with Gasteiger partial charge in [-0.25, -0.2) is 4.39 Å². The molecule has 2 rings (SSSR count). The first-order chi connectivity index (χ1) is 8.65. The first kappa shape index (κ1) is 13.4. The molecule has 0 unspecified atom stereocenters. The minimum atomic E-state index is -0.401. The van der Waals surface area contributed by atoms with E-state index in [2.05, 4.69) is 6.07 Å². The van der Waals surface area contributed by atoms with Gasteiger partial charge in [-0.15, -0.1) is 0 Å². The second-order valence-electron chi connectivity index (χ2n) is 5.22. The molecule has 0 atom stereocenters. The van der Waals surface area contributed by atoms with Gasteiger partial charge in [0.05, 0.1) is 11.5 Å². The molecule has 0 heterocycles. The lowest BCUT2D eigenvalue weighted by atomic mass is 9.76. The van der Waals surface area contributed by atoms with Crippen LogP contribution in [0.5, 0.6) is 0 Å². The summed E-state index contributed by atoms with van der Waals surface area (Å²) in [7, 11) is 0. The van der Waals surface area contributed by atoms with E-state index in [4.69, 9.17) is 11.6 Å². The normalized spacial score (nSPS) is 18.9. The molecule has 1 saturated carbocycles. The highest BCUT2D eigenvalue weighted by atomic mass is 35.5. The molecular formula is C15H17ClFN. The monoisotopic (exact) mass is 265 g/mol. The Morgan fingerprint density at radius 1 is 1.22 bits per heavy atom. The maximum absolute atomic E-state index is 13.8. The van der Waals surface area contributed by atoms with E-state index in [0.717, 1.165) is 25.7 Å². The third kappa shape index (κ3) is 3.03. The molecule has 0 amide bonds. The van der Waals surface area contributed by atoms with Gasteiger partial charge in [0.25, 0.3) is 0 Å². The van der Waals surface area contributed by atoms with Gasteiger partial charge >= 0.3 is 0 Å². The highest BCUT2D eigenvalue weighted by Crippen LogP contribution is 2.38. The number of hydrogen-bond acceptors (Lipinski definition) is 1. The molecule has 96 valence electrons. The predicted molar refractivity (Wildman–Crippen MR) is 70.9 cm³/mol. The quantitative estimate of drug-likeness (QED) is 0.699. The maximum Gasteiger partial charge on any atom is 0.126 e. The van der Waals surface area contributed by atoms with Crippen molar-refractivity contribution in [2.45, 2.75) is 44.9 Å². The Bertz CT molecular complexity index is 456. The minimum Gasteiger partial charge on any atom is -0.207 e. The van der Waals surface area contributed by atoms with Crippen LogP contribution in [0, 0.1) is 22.6 Å². The van der Waals surface area contributed by atoms with Crippen LogP contribution in [-0.2, 0) is 6.42 Å². The summed E-state index contributed by atoms with van der Waals surface area (Å²) in [5.74, 6) is -0.252. The van der Waals surface area contributed by atoms with E-state index in [-0.39, 0.29) is 5.82 Å². The van der Waals surface area contributed by atoms with E-state index < -0.39 is 5.41 Å². The van der Waals surface area contributed by atoms with Crippen molar-refractivity contribution in [2.24, 2.45) is 5.41 Å². The third-order valence-electron chi connectivity index (χ3n) is 3.83. The Morgan fingerprint density at radius 2 is 1.89 bits per heavy atom. The van der Waals surface area contributed by atoms with E-state index in [1.54, 1.807) is 12.1 Å². The van der Waals surface area contributed by atoms with Gasteiger partial charge in [-0.2, -0.15) is 5.26 Å². The molecule has 0 saturated heterocycles. The average Bonchev–Trinajstić information content (AvgIpc) is 2.60. The van der Waals surface area contributed by atoms with Crippen molar-refractivity contribution < 1.29 is 4.39 Å². The fourth-order valence-electron chi connectivity index (χ4n) is 2.78. The predicted octanol–water partition coefficient (Wildman–Crippen LogP) is 4.89. The van der Waals surface area contributed by atoms with Gasteiger partial charge in [0.1, 0.15) is 5.82 Å². The van der Waals surface area contributed by atoms with Crippen LogP contribution in [0.15, 0.2) is 18.2 Å². The Labute approximate surface area is 113 Å². The molecule has 1 aliphatic rings. The van der Waals surface area contributed by atoms with E-state index in [9.17, 15) is 9.65 Å². The standard InChI is InChI=1S/C15H17ClFN/c16-13-5-6-14(17)12(9-13)10-15(11-18)7-3-1-2-4-8-15/h5-6,9H,1-4,7-8,10H2. The second kappa shape index (κ2) is 5.71. The molecule has 1 aromatic rings. The number of rotatable bonds is 2. The highest BCUT2D eigenvalue weighted by molar-refractivity contribution is 6.30. The molecule has 0 radical (unpaired) electrons. The van der Waals surface area contributed by atoms with Crippen LogP contribution in [0.4, 0.5) is 4.39 Å². The zero-order valence-corrected chi connectivity index (χ0v) is 11.1. The van der Waals surface area contributed by atoms with Crippen LogP contribution in [0.1, 0.15) is 44.1 Å². The molecule has 0 spiro atoms. The van der Waals surface area contributed by atoms with Crippen LogP contribution in [0.2, 0.25) is 5.02 Å². The summed E-state index contributed by atoms with van der Waals surface area (Å²) < 4.78 is 13.8. The molecule has 1 aromatic carbocycles. The molecule has 1 aliphatic carbocycles. The summed E-state index contributed by atoms with van der Waals surface area (Å²) >= 11 is 5.91. The van der Waals surface area contributed by atoms with Crippen LogP contribution in [0.3, 0.4) is 0 Å². The number of halogens is 2. The highest BCUT2D eigenvalue weighted by Gasteiger charge is 2.32. The zero-order chi connectivity index (χ0) is 13.0. The molecule has 0 N–H and O–H groups in total. The van der Waals surface area contributed by atoms with Gasteiger partial charge in [-0.3, -0.25) is 0 Å². The van der Waals surface area contributed by atoms with E-state index in [1.807, 2.05) is 0 Å². The lowest BCUT2D eigenvalue weighted by Crippen LogP contribution is -2.21. The van der Waals surface area contributed by atoms with Crippen LogP contribution < -0.4 is 0 Å². The lowest BCUT2D eigenvalue weighted by Gasteiger charge is -2.25. The van der Waals surface area contributed by atoms with Crippen LogP contribution in [0.25, 0.3) is 0 Å². The molecule has 0 aromatic heterocycles. The lowest BCUT2D eigenvalue weighted by molar-refractivity contribution is 0.334. The first-order valence-electron chi connectivity index (χ1n) is 6.50. The maximum atomic E-state index is 13.8. The van der Waals surface area contributed by atoms with Gasteiger partial charge in [0.2, 0.25) is 0 Å². The molecule has 3 heteroatoms. The van der Waals surface area contributed by atoms with Crippen molar-refractivity contribution in [3.8, 4) is 6.07 Å². The van der Waals surface area contributed by atoms with Crippen molar-refractivity contribution in [3.05, 3.63) is 34.6 Å². The van der Waals surface area contributed by atoms with E-state index in [1.165, 1.54) is 18.9 Å². The first-order valence-corrected chi connectivity index (χ1v) is 6.88. The summed E-state index contributed by atoms with van der Waals surface area (Å²) in [6, 6.07) is 7.03. The van der Waals surface area contributed by atoms with Crippen LogP contribution >= 0.6 is 11.6 Å². The fraction of sp³-hybridized carbons (Fsp3) is 0.533. The summed E-state index contributed by atoms with van der Waals surface area (Å²) in [6.07, 6.45) is 6.72. The smallest absolute Gasteiger partial charge is 0.126 e. The van der Waals surface area contributed by atoms with Crippen molar-refractivity contribution in [3.63, 3.8) is 0 Å². The summed E-state index contributed by atoms with van der Waals surface area (Å²) in [5.41, 5.74) is 0.174. The summed E-state index contributed by atoms with van der Waals surface area (Å²) in [4.78, 5) is 0. The minimum absolute atomic E-state index is 0.252. The topological polar surface area (TPSA) is 23.8 Å². The van der Waals surface area contributed by atoms with Crippen molar-refractivity contribution in [2.75, 3.05) is 0 Å². The Hall–Kier alpha value is -1.07. The SMILES string of the molecule is N#CC1(Cc2cc(Cl)ccc2F)CCCCCC1. The second-order valence-corrected chi connectivity index (χ2v) is 5.66. The zero-order valence-electron chi connectivity index (χ0n) is 10.4. The van der Waals surface area contributed by atoms with Gasteiger partial charge < -0.3 is 0 Å². The largest absolute Gasteiger partial charge is 0.207 e. The molecule has 0 bridgehead atoms. The van der Waals surface area contributed by atoms with Gasteiger partial charge in [0.15, 0.2) is 0 Å². The Balaban J connectivity index is 2.24. The Kier molecular flexibility index (Phi) is 4.24. The van der Waals surface area contributed by atoms with Crippen molar-refractivity contribution in [1.82, 2.24) is 0 Å². The third-order valence-corrected chi connectivity index (χ3v) is 4.07. The molecule has 18 heavy (non-hydrogen) atoms. The van der Waals surface area contributed by atoms with Gasteiger partial charge in [0, 0.05) is 5.02 Å². The van der Waals surface area contributed by atoms with Crippen molar-refractivity contribution in [1.29, 1.82) is 5.26 Å². The molecule has 1 nitrogen and oxygen atoms in total. The fourth-order valence-corrected chi connectivity index (χ4v) is 2.97. The average molecular weight is 266 g/mol. The number of nitriles is 1. The number of hydrogen-bond donors (Lipinski definition) is 0. The summed E-state index contributed by atoms with van der Waals surface area (Å²) in [6.45, 7) is 0. The Morgan fingerprint density at radius 3 is 2.50 bits per heavy atom. The molecular weight excluding hydrogens is 249 g/mol. The van der Waals surface area contributed by atoms with Crippen molar-refractivity contribution >= 4 is 11.6 Å². The van der Waals surface area contributed by atoms with Gasteiger partial charge in [-0.1, -0.05) is 37.3 Å². The number of nitrogens with zero attached hydrogens (tertiary/aromatic N) is 1.